The number of hydrogen-bond acceptors (Lipinski definition) is 3. The standard InChI is InChI=1S/C21H44O4S/c1-3-5-6-14-17-20(22)18-15-12-10-8-7-9-11-13-16-19-21(4-2)26(23,24)25/h20-22H,3-19H2,1-2H3,(H,23,24,25). The summed E-state index contributed by atoms with van der Waals surface area (Å²) in [5.41, 5.74) is 0. The molecule has 0 spiro atoms. The van der Waals surface area contributed by atoms with Gasteiger partial charge in [-0.3, -0.25) is 4.55 Å². The van der Waals surface area contributed by atoms with Gasteiger partial charge in [0.25, 0.3) is 10.1 Å². The lowest BCUT2D eigenvalue weighted by atomic mass is 10.0. The molecule has 0 aliphatic carbocycles. The maximum Gasteiger partial charge on any atom is 0.267 e. The second-order valence-corrected chi connectivity index (χ2v) is 9.50. The third-order valence-corrected chi connectivity index (χ3v) is 6.74. The van der Waals surface area contributed by atoms with Gasteiger partial charge in [-0.05, 0) is 25.7 Å². The number of aliphatic hydroxyl groups excluding tert-OH is 1. The highest BCUT2D eigenvalue weighted by Crippen LogP contribution is 2.16. The van der Waals surface area contributed by atoms with Crippen molar-refractivity contribution >= 4 is 10.1 Å². The minimum atomic E-state index is -3.86. The van der Waals surface area contributed by atoms with Crippen LogP contribution in [0.15, 0.2) is 0 Å². The van der Waals surface area contributed by atoms with Gasteiger partial charge in [-0.25, -0.2) is 0 Å². The van der Waals surface area contributed by atoms with Gasteiger partial charge in [0.1, 0.15) is 0 Å². The molecule has 0 saturated heterocycles. The Bertz CT molecular complexity index is 395. The molecule has 0 aliphatic rings. The molecule has 0 saturated carbocycles. The number of aliphatic hydroxyl groups is 1. The zero-order valence-corrected chi connectivity index (χ0v) is 18.1. The molecule has 2 N–H and O–H groups in total. The summed E-state index contributed by atoms with van der Waals surface area (Å²) in [5.74, 6) is 0. The van der Waals surface area contributed by atoms with Crippen molar-refractivity contribution in [3.05, 3.63) is 0 Å². The normalized spacial score (nSPS) is 14.5. The fourth-order valence-electron chi connectivity index (χ4n) is 3.50. The molecule has 0 amide bonds. The van der Waals surface area contributed by atoms with Crippen LogP contribution in [0.25, 0.3) is 0 Å². The first-order valence-electron chi connectivity index (χ1n) is 11.1. The van der Waals surface area contributed by atoms with Crippen LogP contribution in [0.1, 0.15) is 123 Å². The predicted molar refractivity (Wildman–Crippen MR) is 111 cm³/mol. The summed E-state index contributed by atoms with van der Waals surface area (Å²) in [6.07, 6.45) is 18.3. The SMILES string of the molecule is CCCCCCC(O)CCCCCCCCCCCC(CC)S(=O)(=O)O. The molecule has 5 heteroatoms. The van der Waals surface area contributed by atoms with E-state index in [1.807, 2.05) is 6.92 Å². The first kappa shape index (κ1) is 25.9. The largest absolute Gasteiger partial charge is 0.393 e. The molecule has 0 heterocycles. The van der Waals surface area contributed by atoms with E-state index in [1.54, 1.807) is 0 Å². The van der Waals surface area contributed by atoms with Gasteiger partial charge in [0.05, 0.1) is 11.4 Å². The van der Waals surface area contributed by atoms with Crippen molar-refractivity contribution in [2.45, 2.75) is 134 Å². The molecule has 158 valence electrons. The average Bonchev–Trinajstić information content (AvgIpc) is 2.58. The predicted octanol–water partition coefficient (Wildman–Crippen LogP) is 6.28. The van der Waals surface area contributed by atoms with Crippen LogP contribution in [0, 0.1) is 0 Å². The van der Waals surface area contributed by atoms with E-state index in [-0.39, 0.29) is 6.10 Å². The zero-order chi connectivity index (χ0) is 19.7. The van der Waals surface area contributed by atoms with E-state index >= 15 is 0 Å². The van der Waals surface area contributed by atoms with Crippen molar-refractivity contribution in [1.29, 1.82) is 0 Å². The Balaban J connectivity index is 3.34. The smallest absolute Gasteiger partial charge is 0.267 e. The highest BCUT2D eigenvalue weighted by molar-refractivity contribution is 7.86. The van der Waals surface area contributed by atoms with Gasteiger partial charge in [-0.1, -0.05) is 97.3 Å². The summed E-state index contributed by atoms with van der Waals surface area (Å²) in [6, 6.07) is 0. The van der Waals surface area contributed by atoms with Crippen molar-refractivity contribution in [1.82, 2.24) is 0 Å². The maximum atomic E-state index is 11.1. The van der Waals surface area contributed by atoms with Crippen LogP contribution in [0.5, 0.6) is 0 Å². The van der Waals surface area contributed by atoms with E-state index in [9.17, 15) is 13.5 Å². The Morgan fingerprint density at radius 3 is 1.42 bits per heavy atom. The van der Waals surface area contributed by atoms with Crippen molar-refractivity contribution in [3.63, 3.8) is 0 Å². The summed E-state index contributed by atoms with van der Waals surface area (Å²) in [6.45, 7) is 4.02. The molecule has 4 nitrogen and oxygen atoms in total. The molecule has 0 aromatic heterocycles. The molecule has 26 heavy (non-hydrogen) atoms. The molecule has 0 radical (unpaired) electrons. The van der Waals surface area contributed by atoms with E-state index < -0.39 is 15.4 Å². The summed E-state index contributed by atoms with van der Waals surface area (Å²) in [5, 5.41) is 9.35. The lowest BCUT2D eigenvalue weighted by Crippen LogP contribution is -2.19. The third kappa shape index (κ3) is 16.1. The van der Waals surface area contributed by atoms with E-state index in [4.69, 9.17) is 4.55 Å². The molecule has 2 unspecified atom stereocenters. The topological polar surface area (TPSA) is 74.6 Å². The molecule has 0 bridgehead atoms. The Morgan fingerprint density at radius 1 is 0.654 bits per heavy atom. The van der Waals surface area contributed by atoms with Crippen LogP contribution >= 0.6 is 0 Å². The van der Waals surface area contributed by atoms with E-state index in [0.717, 1.165) is 44.9 Å². The van der Waals surface area contributed by atoms with Crippen LogP contribution in [-0.2, 0) is 10.1 Å². The first-order valence-corrected chi connectivity index (χ1v) is 12.6. The highest BCUT2D eigenvalue weighted by atomic mass is 32.2. The van der Waals surface area contributed by atoms with Gasteiger partial charge in [-0.2, -0.15) is 8.42 Å². The Hall–Kier alpha value is -0.130. The van der Waals surface area contributed by atoms with Gasteiger partial charge in [0.2, 0.25) is 0 Å². The lowest BCUT2D eigenvalue weighted by Gasteiger charge is -2.11. The Kier molecular flexibility index (Phi) is 16.9. The maximum absolute atomic E-state index is 11.1. The van der Waals surface area contributed by atoms with E-state index in [0.29, 0.717) is 12.8 Å². The number of rotatable bonds is 19. The average molecular weight is 393 g/mol. The van der Waals surface area contributed by atoms with Crippen LogP contribution in [-0.4, -0.2) is 29.4 Å². The lowest BCUT2D eigenvalue weighted by molar-refractivity contribution is 0.147. The van der Waals surface area contributed by atoms with Gasteiger partial charge in [0.15, 0.2) is 0 Å². The summed E-state index contributed by atoms with van der Waals surface area (Å²) >= 11 is 0. The van der Waals surface area contributed by atoms with Crippen LogP contribution < -0.4 is 0 Å². The summed E-state index contributed by atoms with van der Waals surface area (Å²) < 4.78 is 31.3. The van der Waals surface area contributed by atoms with Crippen molar-refractivity contribution < 1.29 is 18.1 Å². The Morgan fingerprint density at radius 2 is 1.04 bits per heavy atom. The molecular weight excluding hydrogens is 348 g/mol. The molecule has 0 aliphatic heterocycles. The molecular formula is C21H44O4S. The van der Waals surface area contributed by atoms with Crippen LogP contribution in [0.3, 0.4) is 0 Å². The molecule has 0 rings (SSSR count). The first-order chi connectivity index (χ1) is 12.4. The second kappa shape index (κ2) is 17.0. The minimum Gasteiger partial charge on any atom is -0.393 e. The number of hydrogen-bond donors (Lipinski definition) is 2. The molecule has 0 aromatic rings. The molecule has 0 aromatic carbocycles. The van der Waals surface area contributed by atoms with Gasteiger partial charge in [0, 0.05) is 0 Å². The van der Waals surface area contributed by atoms with Crippen molar-refractivity contribution in [3.8, 4) is 0 Å². The zero-order valence-electron chi connectivity index (χ0n) is 17.3. The third-order valence-electron chi connectivity index (χ3n) is 5.33. The molecule has 0 fully saturated rings. The van der Waals surface area contributed by atoms with E-state index in [2.05, 4.69) is 6.92 Å². The highest BCUT2D eigenvalue weighted by Gasteiger charge is 2.19. The van der Waals surface area contributed by atoms with Gasteiger partial charge < -0.3 is 5.11 Å². The fourth-order valence-corrected chi connectivity index (χ4v) is 4.39. The number of unbranched alkanes of at least 4 members (excludes halogenated alkanes) is 11. The summed E-state index contributed by atoms with van der Waals surface area (Å²) in [7, 11) is -3.86. The Labute approximate surface area is 162 Å². The van der Waals surface area contributed by atoms with Gasteiger partial charge in [-0.15, -0.1) is 0 Å². The van der Waals surface area contributed by atoms with Crippen molar-refractivity contribution in [2.75, 3.05) is 0 Å². The van der Waals surface area contributed by atoms with Crippen molar-refractivity contribution in [2.24, 2.45) is 0 Å². The summed E-state index contributed by atoms with van der Waals surface area (Å²) in [4.78, 5) is 0. The minimum absolute atomic E-state index is 0.0958. The van der Waals surface area contributed by atoms with Gasteiger partial charge >= 0.3 is 0 Å². The fraction of sp³-hybridized carbons (Fsp3) is 1.00. The van der Waals surface area contributed by atoms with Crippen LogP contribution in [0.2, 0.25) is 0 Å². The van der Waals surface area contributed by atoms with E-state index in [1.165, 1.54) is 51.4 Å². The quantitative estimate of drug-likeness (QED) is 0.200. The monoisotopic (exact) mass is 392 g/mol. The molecule has 2 atom stereocenters. The second-order valence-electron chi connectivity index (χ2n) is 7.81. The van der Waals surface area contributed by atoms with Crippen LogP contribution in [0.4, 0.5) is 0 Å².